The molecule has 1 aromatic rings. The van der Waals surface area contributed by atoms with Crippen molar-refractivity contribution in [2.75, 3.05) is 26.9 Å². The highest BCUT2D eigenvalue weighted by atomic mass is 35.5. The summed E-state index contributed by atoms with van der Waals surface area (Å²) in [6.45, 7) is 3.45. The van der Waals surface area contributed by atoms with Crippen LogP contribution >= 0.6 is 11.6 Å². The molecule has 1 heterocycles. The molecule has 1 aromatic carbocycles. The topological polar surface area (TPSA) is 73.6 Å². The molecule has 1 fully saturated rings. The Morgan fingerprint density at radius 2 is 2.18 bits per heavy atom. The normalized spacial score (nSPS) is 18.5. The third kappa shape index (κ3) is 3.72. The van der Waals surface area contributed by atoms with Crippen molar-refractivity contribution in [1.29, 1.82) is 0 Å². The second kappa shape index (κ2) is 7.31. The van der Waals surface area contributed by atoms with E-state index < -0.39 is 6.04 Å². The zero-order valence-corrected chi connectivity index (χ0v) is 13.8. The number of hydrogen-bond acceptors (Lipinski definition) is 4. The van der Waals surface area contributed by atoms with E-state index in [9.17, 15) is 4.79 Å². The summed E-state index contributed by atoms with van der Waals surface area (Å²) in [5, 5.41) is 3.60. The Morgan fingerprint density at radius 1 is 1.50 bits per heavy atom. The number of rotatable bonds is 5. The van der Waals surface area contributed by atoms with Crippen LogP contribution in [-0.2, 0) is 14.9 Å². The predicted octanol–water partition coefficient (Wildman–Crippen LogP) is 1.86. The second-order valence-corrected chi connectivity index (χ2v) is 6.18. The van der Waals surface area contributed by atoms with Crippen LogP contribution in [0.2, 0.25) is 5.02 Å². The van der Waals surface area contributed by atoms with E-state index in [0.717, 1.165) is 24.2 Å². The lowest BCUT2D eigenvalue weighted by molar-refractivity contribution is -0.122. The number of ether oxygens (including phenoxy) is 2. The van der Waals surface area contributed by atoms with Crippen molar-refractivity contribution < 1.29 is 14.3 Å². The SMILES string of the molecule is COc1ccc(Cl)cc1C1(CNC(=O)[C@@H](C)N)CCOCC1. The molecule has 6 heteroatoms. The minimum Gasteiger partial charge on any atom is -0.496 e. The first-order chi connectivity index (χ1) is 10.5. The van der Waals surface area contributed by atoms with E-state index in [1.807, 2.05) is 12.1 Å². The summed E-state index contributed by atoms with van der Waals surface area (Å²) in [6, 6.07) is 5.06. The smallest absolute Gasteiger partial charge is 0.236 e. The van der Waals surface area contributed by atoms with Crippen molar-refractivity contribution in [2.45, 2.75) is 31.2 Å². The van der Waals surface area contributed by atoms with Crippen molar-refractivity contribution in [1.82, 2.24) is 5.32 Å². The van der Waals surface area contributed by atoms with Crippen molar-refractivity contribution in [3.63, 3.8) is 0 Å². The molecule has 0 unspecified atom stereocenters. The van der Waals surface area contributed by atoms with Crippen LogP contribution in [0, 0.1) is 0 Å². The zero-order valence-electron chi connectivity index (χ0n) is 13.0. The van der Waals surface area contributed by atoms with Crippen LogP contribution in [0.5, 0.6) is 5.75 Å². The van der Waals surface area contributed by atoms with Gasteiger partial charge in [-0.05, 0) is 38.0 Å². The first-order valence-corrected chi connectivity index (χ1v) is 7.81. The number of halogens is 1. The molecule has 0 aromatic heterocycles. The zero-order chi connectivity index (χ0) is 16.2. The molecule has 1 aliphatic heterocycles. The summed E-state index contributed by atoms with van der Waals surface area (Å²) >= 11 is 6.17. The fourth-order valence-electron chi connectivity index (χ4n) is 2.82. The van der Waals surface area contributed by atoms with Crippen LogP contribution in [0.25, 0.3) is 0 Å². The predicted molar refractivity (Wildman–Crippen MR) is 86.4 cm³/mol. The third-order valence-corrected chi connectivity index (χ3v) is 4.43. The highest BCUT2D eigenvalue weighted by Crippen LogP contribution is 2.40. The molecule has 0 saturated carbocycles. The van der Waals surface area contributed by atoms with Crippen LogP contribution in [0.15, 0.2) is 18.2 Å². The molecule has 1 saturated heterocycles. The molecule has 5 nitrogen and oxygen atoms in total. The molecule has 1 amide bonds. The third-order valence-electron chi connectivity index (χ3n) is 4.20. The van der Waals surface area contributed by atoms with E-state index in [4.69, 9.17) is 26.8 Å². The van der Waals surface area contributed by atoms with E-state index >= 15 is 0 Å². The van der Waals surface area contributed by atoms with Gasteiger partial charge in [-0.1, -0.05) is 11.6 Å². The Labute approximate surface area is 136 Å². The van der Waals surface area contributed by atoms with Gasteiger partial charge < -0.3 is 20.5 Å². The van der Waals surface area contributed by atoms with Crippen molar-refractivity contribution >= 4 is 17.5 Å². The maximum Gasteiger partial charge on any atom is 0.236 e. The Bertz CT molecular complexity index is 528. The summed E-state index contributed by atoms with van der Waals surface area (Å²) in [7, 11) is 1.64. The number of nitrogens with two attached hydrogens (primary N) is 1. The molecule has 0 radical (unpaired) electrons. The van der Waals surface area contributed by atoms with E-state index in [0.29, 0.717) is 24.8 Å². The first-order valence-electron chi connectivity index (χ1n) is 7.43. The maximum absolute atomic E-state index is 11.9. The van der Waals surface area contributed by atoms with Crippen LogP contribution < -0.4 is 15.8 Å². The first kappa shape index (κ1) is 17.1. The van der Waals surface area contributed by atoms with E-state index in [2.05, 4.69) is 5.32 Å². The summed E-state index contributed by atoms with van der Waals surface area (Å²) in [6.07, 6.45) is 1.59. The van der Waals surface area contributed by atoms with Crippen LogP contribution in [-0.4, -0.2) is 38.8 Å². The van der Waals surface area contributed by atoms with Gasteiger partial charge in [-0.3, -0.25) is 4.79 Å². The van der Waals surface area contributed by atoms with Gasteiger partial charge in [0, 0.05) is 35.8 Å². The average Bonchev–Trinajstić information content (AvgIpc) is 2.53. The lowest BCUT2D eigenvalue weighted by atomic mass is 9.73. The summed E-state index contributed by atoms with van der Waals surface area (Å²) in [5.74, 6) is 0.619. The fourth-order valence-corrected chi connectivity index (χ4v) is 2.99. The van der Waals surface area contributed by atoms with Gasteiger partial charge in [0.2, 0.25) is 5.91 Å². The van der Waals surface area contributed by atoms with E-state index in [1.54, 1.807) is 20.1 Å². The highest BCUT2D eigenvalue weighted by molar-refractivity contribution is 6.30. The van der Waals surface area contributed by atoms with E-state index in [1.165, 1.54) is 0 Å². The van der Waals surface area contributed by atoms with E-state index in [-0.39, 0.29) is 11.3 Å². The Balaban J connectivity index is 2.33. The average molecular weight is 327 g/mol. The number of hydrogen-bond donors (Lipinski definition) is 2. The molecule has 0 bridgehead atoms. The molecular formula is C16H23ClN2O3. The maximum atomic E-state index is 11.9. The van der Waals surface area contributed by atoms with Gasteiger partial charge in [0.05, 0.1) is 13.2 Å². The number of methoxy groups -OCH3 is 1. The van der Waals surface area contributed by atoms with Gasteiger partial charge in [0.15, 0.2) is 0 Å². The molecule has 0 spiro atoms. The number of benzene rings is 1. The van der Waals surface area contributed by atoms with Crippen LogP contribution in [0.3, 0.4) is 0 Å². The van der Waals surface area contributed by atoms with Crippen molar-refractivity contribution in [2.24, 2.45) is 5.73 Å². The van der Waals surface area contributed by atoms with Gasteiger partial charge in [-0.25, -0.2) is 0 Å². The second-order valence-electron chi connectivity index (χ2n) is 5.74. The molecule has 2 rings (SSSR count). The molecule has 22 heavy (non-hydrogen) atoms. The molecule has 1 atom stereocenters. The largest absolute Gasteiger partial charge is 0.496 e. The standard InChI is InChI=1S/C16H23ClN2O3/c1-11(18)15(20)19-10-16(5-7-22-8-6-16)13-9-12(17)3-4-14(13)21-2/h3-4,9,11H,5-8,10,18H2,1-2H3,(H,19,20)/t11-/m1/s1. The number of carbonyl (C=O) groups excluding carboxylic acids is 1. The van der Waals surface area contributed by atoms with Gasteiger partial charge in [0.25, 0.3) is 0 Å². The van der Waals surface area contributed by atoms with Crippen LogP contribution in [0.4, 0.5) is 0 Å². The molecule has 3 N–H and O–H groups in total. The summed E-state index contributed by atoms with van der Waals surface area (Å²) in [5.41, 5.74) is 6.39. The Morgan fingerprint density at radius 3 is 2.77 bits per heavy atom. The van der Waals surface area contributed by atoms with Crippen LogP contribution in [0.1, 0.15) is 25.3 Å². The summed E-state index contributed by atoms with van der Waals surface area (Å²) in [4.78, 5) is 11.9. The Kier molecular flexibility index (Phi) is 5.67. The van der Waals surface area contributed by atoms with Gasteiger partial charge >= 0.3 is 0 Å². The quantitative estimate of drug-likeness (QED) is 0.866. The lowest BCUT2D eigenvalue weighted by Crippen LogP contribution is -2.48. The molecule has 122 valence electrons. The van der Waals surface area contributed by atoms with Gasteiger partial charge in [0.1, 0.15) is 5.75 Å². The highest BCUT2D eigenvalue weighted by Gasteiger charge is 2.37. The monoisotopic (exact) mass is 326 g/mol. The number of amides is 1. The molecule has 1 aliphatic rings. The summed E-state index contributed by atoms with van der Waals surface area (Å²) < 4.78 is 11.0. The number of nitrogens with one attached hydrogen (secondary N) is 1. The Hall–Kier alpha value is -1.30. The minimum atomic E-state index is -0.529. The van der Waals surface area contributed by atoms with Crippen molar-refractivity contribution in [3.8, 4) is 5.75 Å². The molecular weight excluding hydrogens is 304 g/mol. The van der Waals surface area contributed by atoms with Gasteiger partial charge in [-0.2, -0.15) is 0 Å². The number of carbonyl (C=O) groups is 1. The molecule has 0 aliphatic carbocycles. The lowest BCUT2D eigenvalue weighted by Gasteiger charge is -2.38. The fraction of sp³-hybridized carbons (Fsp3) is 0.562. The minimum absolute atomic E-state index is 0.160. The van der Waals surface area contributed by atoms with Gasteiger partial charge in [-0.15, -0.1) is 0 Å². The van der Waals surface area contributed by atoms with Crippen molar-refractivity contribution in [3.05, 3.63) is 28.8 Å².